The lowest BCUT2D eigenvalue weighted by Gasteiger charge is -2.43. The van der Waals surface area contributed by atoms with Gasteiger partial charge >= 0.3 is 11.8 Å². The summed E-state index contributed by atoms with van der Waals surface area (Å²) in [5, 5.41) is 14.8. The lowest BCUT2D eigenvalue weighted by molar-refractivity contribution is -0.385. The fourth-order valence-corrected chi connectivity index (χ4v) is 5.09. The Morgan fingerprint density at radius 1 is 1.00 bits per heavy atom. The molecule has 0 radical (unpaired) electrons. The zero-order valence-corrected chi connectivity index (χ0v) is 22.8. The first-order valence-corrected chi connectivity index (χ1v) is 13.0. The van der Waals surface area contributed by atoms with Crippen LogP contribution in [0.4, 0.5) is 10.5 Å². The molecule has 9 heteroatoms. The van der Waals surface area contributed by atoms with E-state index in [1.165, 1.54) is 19.2 Å². The van der Waals surface area contributed by atoms with Crippen LogP contribution in [0.3, 0.4) is 0 Å². The van der Waals surface area contributed by atoms with Crippen LogP contribution in [0.15, 0.2) is 75.9 Å². The summed E-state index contributed by atoms with van der Waals surface area (Å²) < 4.78 is 17.1. The molecule has 1 aliphatic rings. The molecule has 1 saturated carbocycles. The molecule has 1 amide bonds. The molecule has 0 spiro atoms. The first kappa shape index (κ1) is 26.9. The van der Waals surface area contributed by atoms with Gasteiger partial charge in [-0.1, -0.05) is 54.6 Å². The van der Waals surface area contributed by atoms with Gasteiger partial charge in [-0.05, 0) is 57.2 Å². The van der Waals surface area contributed by atoms with Gasteiger partial charge in [0.1, 0.15) is 11.4 Å². The number of ether oxygens (including phenoxy) is 2. The average Bonchev–Trinajstić information content (AvgIpc) is 2.89. The van der Waals surface area contributed by atoms with Gasteiger partial charge in [-0.3, -0.25) is 14.9 Å². The van der Waals surface area contributed by atoms with Gasteiger partial charge in [-0.25, -0.2) is 4.79 Å². The van der Waals surface area contributed by atoms with E-state index < -0.39 is 22.2 Å². The number of nitro groups is 1. The van der Waals surface area contributed by atoms with Crippen LogP contribution in [0, 0.1) is 10.1 Å². The second-order valence-electron chi connectivity index (χ2n) is 10.9. The Morgan fingerprint density at radius 2 is 1.68 bits per heavy atom. The van der Waals surface area contributed by atoms with E-state index in [9.17, 15) is 19.7 Å². The summed E-state index contributed by atoms with van der Waals surface area (Å²) in [6.45, 7) is 5.46. The Kier molecular flexibility index (Phi) is 6.83. The molecule has 3 aromatic carbocycles. The van der Waals surface area contributed by atoms with Gasteiger partial charge in [0.2, 0.25) is 11.2 Å². The van der Waals surface area contributed by atoms with Crippen molar-refractivity contribution in [2.24, 2.45) is 0 Å². The number of methoxy groups -OCH3 is 1. The lowest BCUT2D eigenvalue weighted by atomic mass is 9.71. The number of nitro benzene ring substituents is 1. The number of fused-ring (bicyclic) bond motifs is 1. The van der Waals surface area contributed by atoms with Crippen molar-refractivity contribution in [2.45, 2.75) is 51.2 Å². The third-order valence-electron chi connectivity index (χ3n) is 7.10. The van der Waals surface area contributed by atoms with E-state index in [-0.39, 0.29) is 33.6 Å². The maximum Gasteiger partial charge on any atom is 0.408 e. The van der Waals surface area contributed by atoms with E-state index >= 15 is 0 Å². The van der Waals surface area contributed by atoms with Crippen molar-refractivity contribution in [1.29, 1.82) is 0 Å². The summed E-state index contributed by atoms with van der Waals surface area (Å²) in [4.78, 5) is 37.5. The highest BCUT2D eigenvalue weighted by molar-refractivity contribution is 5.93. The van der Waals surface area contributed by atoms with Gasteiger partial charge in [0.15, 0.2) is 5.58 Å². The molecule has 9 nitrogen and oxygen atoms in total. The summed E-state index contributed by atoms with van der Waals surface area (Å²) in [5.74, 6) is 0.161. The summed E-state index contributed by atoms with van der Waals surface area (Å²) in [6.07, 6.45) is 2.05. The van der Waals surface area contributed by atoms with E-state index in [0.717, 1.165) is 24.8 Å². The van der Waals surface area contributed by atoms with Gasteiger partial charge in [-0.2, -0.15) is 0 Å². The van der Waals surface area contributed by atoms with Gasteiger partial charge < -0.3 is 19.2 Å². The fraction of sp³-hybridized carbons (Fsp3) is 0.290. The molecule has 1 N–H and O–H groups in total. The third kappa shape index (κ3) is 4.90. The molecule has 0 saturated heterocycles. The van der Waals surface area contributed by atoms with Crippen LogP contribution in [0.5, 0.6) is 5.75 Å². The summed E-state index contributed by atoms with van der Waals surface area (Å²) in [6, 6.07) is 19.2. The smallest absolute Gasteiger partial charge is 0.408 e. The van der Waals surface area contributed by atoms with Crippen LogP contribution in [-0.4, -0.2) is 23.7 Å². The number of carbonyl (C=O) groups is 1. The Hall–Kier alpha value is -4.66. The van der Waals surface area contributed by atoms with E-state index in [4.69, 9.17) is 13.9 Å². The van der Waals surface area contributed by atoms with Gasteiger partial charge in [0.25, 0.3) is 0 Å². The second-order valence-corrected chi connectivity index (χ2v) is 10.9. The van der Waals surface area contributed by atoms with Crippen LogP contribution in [0.25, 0.3) is 33.4 Å². The first-order chi connectivity index (χ1) is 19.0. The molecule has 1 aromatic heterocycles. The second kappa shape index (κ2) is 10.1. The summed E-state index contributed by atoms with van der Waals surface area (Å²) in [7, 11) is 1.30. The topological polar surface area (TPSA) is 121 Å². The van der Waals surface area contributed by atoms with Crippen LogP contribution in [0.1, 0.15) is 45.6 Å². The zero-order chi connectivity index (χ0) is 28.7. The molecule has 1 aliphatic carbocycles. The SMILES string of the molecule is COc1c([N+](=O)[O-])ccc2c(=O)c(-c3ccc(C4(NC(=O)OC(C)(C)C)CCC4)cc3)c(-c3ccccc3)oc12. The number of hydrogen-bond donors (Lipinski definition) is 1. The number of benzene rings is 3. The summed E-state index contributed by atoms with van der Waals surface area (Å²) in [5.41, 5.74) is 0.711. The molecular formula is C31H30N2O7. The molecule has 5 rings (SSSR count). The lowest BCUT2D eigenvalue weighted by Crippen LogP contribution is -2.52. The van der Waals surface area contributed by atoms with Crippen molar-refractivity contribution in [2.75, 3.05) is 7.11 Å². The molecule has 40 heavy (non-hydrogen) atoms. The Labute approximate surface area is 230 Å². The molecule has 1 heterocycles. The monoisotopic (exact) mass is 542 g/mol. The van der Waals surface area contributed by atoms with E-state index in [1.54, 1.807) is 12.1 Å². The number of hydrogen-bond acceptors (Lipinski definition) is 7. The third-order valence-corrected chi connectivity index (χ3v) is 7.10. The first-order valence-electron chi connectivity index (χ1n) is 13.0. The minimum Gasteiger partial charge on any atom is -0.488 e. The largest absolute Gasteiger partial charge is 0.488 e. The Morgan fingerprint density at radius 3 is 2.23 bits per heavy atom. The Bertz CT molecular complexity index is 1650. The van der Waals surface area contributed by atoms with Crippen LogP contribution < -0.4 is 15.5 Å². The van der Waals surface area contributed by atoms with E-state index in [1.807, 2.05) is 63.2 Å². The number of amides is 1. The predicted octanol–water partition coefficient (Wildman–Crippen LogP) is 6.95. The average molecular weight is 543 g/mol. The standard InChI is InChI=1S/C31H30N2O7/c1-30(2,3)40-29(35)32-31(17-8-18-31)21-13-11-19(12-14-21)24-25(34)22-15-16-23(33(36)37)28(38-4)27(22)39-26(24)20-9-6-5-7-10-20/h5-7,9-16H,8,17-18H2,1-4H3,(H,32,35). The molecule has 0 bridgehead atoms. The van der Waals surface area contributed by atoms with Gasteiger partial charge in [0.05, 0.1) is 28.5 Å². The fourth-order valence-electron chi connectivity index (χ4n) is 5.09. The molecule has 0 atom stereocenters. The molecule has 1 fully saturated rings. The highest BCUT2D eigenvalue weighted by Crippen LogP contribution is 2.43. The van der Waals surface area contributed by atoms with Gasteiger partial charge in [0, 0.05) is 11.6 Å². The predicted molar refractivity (Wildman–Crippen MR) is 151 cm³/mol. The quantitative estimate of drug-likeness (QED) is 0.207. The number of nitrogens with one attached hydrogen (secondary N) is 1. The highest BCUT2D eigenvalue weighted by atomic mass is 16.6. The minimum atomic E-state index is -0.611. The van der Waals surface area contributed by atoms with Crippen LogP contribution in [-0.2, 0) is 10.3 Å². The number of nitrogens with zero attached hydrogens (tertiary/aromatic N) is 1. The normalized spacial score (nSPS) is 14.3. The number of carbonyl (C=O) groups excluding carboxylic acids is 1. The summed E-state index contributed by atoms with van der Waals surface area (Å²) >= 11 is 0. The zero-order valence-electron chi connectivity index (χ0n) is 22.8. The Balaban J connectivity index is 1.63. The maximum atomic E-state index is 13.9. The highest BCUT2D eigenvalue weighted by Gasteiger charge is 2.41. The maximum absolute atomic E-state index is 13.9. The molecule has 206 valence electrons. The van der Waals surface area contributed by atoms with E-state index in [2.05, 4.69) is 5.32 Å². The minimum absolute atomic E-state index is 0.0101. The van der Waals surface area contributed by atoms with Crippen molar-refractivity contribution < 1.29 is 23.6 Å². The van der Waals surface area contributed by atoms with Crippen molar-refractivity contribution in [3.8, 4) is 28.2 Å². The number of alkyl carbamates (subject to hydrolysis) is 1. The van der Waals surface area contributed by atoms with Crippen molar-refractivity contribution in [3.63, 3.8) is 0 Å². The molecule has 0 aliphatic heterocycles. The van der Waals surface area contributed by atoms with Crippen molar-refractivity contribution in [3.05, 3.63) is 92.6 Å². The number of rotatable bonds is 6. The van der Waals surface area contributed by atoms with Crippen molar-refractivity contribution >= 4 is 22.7 Å². The molecule has 0 unspecified atom stereocenters. The van der Waals surface area contributed by atoms with E-state index in [0.29, 0.717) is 16.7 Å². The van der Waals surface area contributed by atoms with Crippen LogP contribution >= 0.6 is 0 Å². The van der Waals surface area contributed by atoms with Crippen molar-refractivity contribution in [1.82, 2.24) is 5.32 Å². The van der Waals surface area contributed by atoms with Crippen LogP contribution in [0.2, 0.25) is 0 Å². The van der Waals surface area contributed by atoms with Gasteiger partial charge in [-0.15, -0.1) is 0 Å². The molecule has 4 aromatic rings. The molecular weight excluding hydrogens is 512 g/mol.